The predicted molar refractivity (Wildman–Crippen MR) is 174 cm³/mol. The fourth-order valence-corrected chi connectivity index (χ4v) is 7.32. The van der Waals surface area contributed by atoms with Gasteiger partial charge in [0, 0.05) is 17.5 Å². The van der Waals surface area contributed by atoms with Crippen LogP contribution in [0.5, 0.6) is 11.5 Å². The second-order valence-corrected chi connectivity index (χ2v) is 11.9. The van der Waals surface area contributed by atoms with E-state index in [1.807, 2.05) is 54.6 Å². The first-order valence-electron chi connectivity index (χ1n) is 15.4. The zero-order valence-electron chi connectivity index (χ0n) is 25.0. The van der Waals surface area contributed by atoms with E-state index in [9.17, 15) is 19.2 Å². The number of para-hydroxylation sites is 1. The lowest BCUT2D eigenvalue weighted by Gasteiger charge is -2.45. The van der Waals surface area contributed by atoms with Gasteiger partial charge in [-0.1, -0.05) is 66.7 Å². The van der Waals surface area contributed by atoms with E-state index in [0.717, 1.165) is 22.3 Å². The highest BCUT2D eigenvalue weighted by molar-refractivity contribution is 6.23. The van der Waals surface area contributed by atoms with Crippen molar-refractivity contribution in [2.24, 2.45) is 11.8 Å². The number of benzene rings is 5. The van der Waals surface area contributed by atoms with Gasteiger partial charge in [0.15, 0.2) is 6.61 Å². The van der Waals surface area contributed by atoms with Gasteiger partial charge >= 0.3 is 5.97 Å². The maximum atomic E-state index is 14.0. The standard InChI is InChI=1S/C39H28N2O6/c42-32(40-24-16-20-27(21-17-24)47-26-8-2-1-3-9-26)22-46-39(45)23-14-18-25(19-15-23)41-37(43)35-33-28-10-4-5-11-29(28)34(36(35)38(41)44)31-13-7-6-12-30(31)33/h1-21,33-36H,22H2,(H,40,42)/t33?,34?,35-,36-/m0/s1. The van der Waals surface area contributed by atoms with Crippen LogP contribution in [0.3, 0.4) is 0 Å². The van der Waals surface area contributed by atoms with Crippen LogP contribution in [0.4, 0.5) is 11.4 Å². The Morgan fingerprint density at radius 3 is 1.62 bits per heavy atom. The monoisotopic (exact) mass is 620 g/mol. The number of amides is 3. The van der Waals surface area contributed by atoms with E-state index in [1.165, 1.54) is 17.0 Å². The summed E-state index contributed by atoms with van der Waals surface area (Å²) in [6.07, 6.45) is 0. The van der Waals surface area contributed by atoms with Crippen LogP contribution < -0.4 is 15.0 Å². The Morgan fingerprint density at radius 2 is 1.09 bits per heavy atom. The van der Waals surface area contributed by atoms with Gasteiger partial charge in [-0.15, -0.1) is 0 Å². The van der Waals surface area contributed by atoms with Gasteiger partial charge in [0.1, 0.15) is 11.5 Å². The van der Waals surface area contributed by atoms with Crippen molar-refractivity contribution in [1.29, 1.82) is 0 Å². The summed E-state index contributed by atoms with van der Waals surface area (Å²) in [4.78, 5) is 54.4. The Bertz CT molecular complexity index is 1930. The fraction of sp³-hybridized carbons (Fsp3) is 0.128. The van der Waals surface area contributed by atoms with Crippen LogP contribution in [-0.2, 0) is 19.1 Å². The van der Waals surface area contributed by atoms with Gasteiger partial charge in [-0.05, 0) is 82.9 Å². The molecule has 8 heteroatoms. The number of nitrogens with one attached hydrogen (secondary N) is 1. The third-order valence-corrected chi connectivity index (χ3v) is 9.26. The van der Waals surface area contributed by atoms with Crippen molar-refractivity contribution in [3.05, 3.63) is 155 Å². The van der Waals surface area contributed by atoms with Crippen LogP contribution >= 0.6 is 0 Å². The number of ether oxygens (including phenoxy) is 2. The highest BCUT2D eigenvalue weighted by Gasteiger charge is 2.61. The molecular weight excluding hydrogens is 592 g/mol. The van der Waals surface area contributed by atoms with Crippen molar-refractivity contribution < 1.29 is 28.7 Å². The third-order valence-electron chi connectivity index (χ3n) is 9.26. The number of carbonyl (C=O) groups excluding carboxylic acids is 4. The topological polar surface area (TPSA) is 102 Å². The Balaban J connectivity index is 0.923. The molecule has 1 saturated heterocycles. The molecule has 8 nitrogen and oxygen atoms in total. The molecule has 1 N–H and O–H groups in total. The number of hydrogen-bond donors (Lipinski definition) is 1. The molecule has 0 radical (unpaired) electrons. The number of imide groups is 1. The molecule has 1 fully saturated rings. The minimum Gasteiger partial charge on any atom is -0.457 e. The number of esters is 1. The van der Waals surface area contributed by atoms with Crippen LogP contribution in [0.2, 0.25) is 0 Å². The fourth-order valence-electron chi connectivity index (χ4n) is 7.32. The lowest BCUT2D eigenvalue weighted by molar-refractivity contribution is -0.122. The van der Waals surface area contributed by atoms with Crippen molar-refractivity contribution in [3.8, 4) is 11.5 Å². The molecule has 3 aliphatic carbocycles. The smallest absolute Gasteiger partial charge is 0.338 e. The first-order chi connectivity index (χ1) is 23.0. The average molecular weight is 621 g/mol. The van der Waals surface area contributed by atoms with Crippen molar-refractivity contribution >= 4 is 35.1 Å². The summed E-state index contributed by atoms with van der Waals surface area (Å²) in [5.41, 5.74) is 5.55. The van der Waals surface area contributed by atoms with E-state index in [0.29, 0.717) is 22.9 Å². The predicted octanol–water partition coefficient (Wildman–Crippen LogP) is 6.67. The summed E-state index contributed by atoms with van der Waals surface area (Å²) >= 11 is 0. The minimum absolute atomic E-state index is 0.195. The second-order valence-electron chi connectivity index (χ2n) is 11.9. The molecule has 5 aromatic rings. The number of anilines is 2. The first-order valence-corrected chi connectivity index (χ1v) is 15.4. The van der Waals surface area contributed by atoms with E-state index >= 15 is 0 Å². The average Bonchev–Trinajstić information content (AvgIpc) is 3.38. The summed E-state index contributed by atoms with van der Waals surface area (Å²) < 4.78 is 11.0. The second kappa shape index (κ2) is 11.4. The lowest BCUT2D eigenvalue weighted by atomic mass is 9.55. The molecule has 47 heavy (non-hydrogen) atoms. The molecule has 3 amide bonds. The molecule has 1 heterocycles. The third kappa shape index (κ3) is 4.86. The maximum absolute atomic E-state index is 14.0. The molecule has 0 spiro atoms. The molecule has 9 rings (SSSR count). The van der Waals surface area contributed by atoms with Gasteiger partial charge < -0.3 is 14.8 Å². The van der Waals surface area contributed by atoms with Crippen LogP contribution in [0, 0.1) is 11.8 Å². The highest BCUT2D eigenvalue weighted by Crippen LogP contribution is 2.61. The zero-order valence-corrected chi connectivity index (χ0v) is 25.0. The van der Waals surface area contributed by atoms with Crippen LogP contribution in [0.1, 0.15) is 44.4 Å². The molecule has 2 bridgehead atoms. The van der Waals surface area contributed by atoms with E-state index in [1.54, 1.807) is 36.4 Å². The Morgan fingerprint density at radius 1 is 0.596 bits per heavy atom. The van der Waals surface area contributed by atoms with Crippen molar-refractivity contribution in [3.63, 3.8) is 0 Å². The van der Waals surface area contributed by atoms with Crippen LogP contribution in [0.25, 0.3) is 0 Å². The number of rotatable bonds is 7. The normalized spacial score (nSPS) is 20.2. The lowest BCUT2D eigenvalue weighted by Crippen LogP contribution is -2.41. The van der Waals surface area contributed by atoms with Crippen LogP contribution in [0.15, 0.2) is 127 Å². The molecule has 1 aliphatic heterocycles. The van der Waals surface area contributed by atoms with Crippen LogP contribution in [-0.4, -0.2) is 30.3 Å². The van der Waals surface area contributed by atoms with E-state index in [2.05, 4.69) is 29.6 Å². The van der Waals surface area contributed by atoms with E-state index < -0.39 is 30.3 Å². The molecule has 4 aliphatic rings. The summed E-state index contributed by atoms with van der Waals surface area (Å²) in [6.45, 7) is -0.487. The SMILES string of the molecule is O=C(COC(=O)c1ccc(N2C(=O)[C@H]3C4c5ccccc5C(c5ccccc54)[C@@H]3C2=O)cc1)Nc1ccc(Oc2ccccc2)cc1. The van der Waals surface area contributed by atoms with E-state index in [4.69, 9.17) is 9.47 Å². The largest absolute Gasteiger partial charge is 0.457 e. The number of nitrogens with zero attached hydrogens (tertiary/aromatic N) is 1. The van der Waals surface area contributed by atoms with Crippen molar-refractivity contribution in [1.82, 2.24) is 0 Å². The summed E-state index contributed by atoms with van der Waals surface area (Å²) in [7, 11) is 0. The van der Waals surface area contributed by atoms with Gasteiger partial charge in [-0.3, -0.25) is 14.4 Å². The van der Waals surface area contributed by atoms with Gasteiger partial charge in [-0.25, -0.2) is 9.69 Å². The Kier molecular flexibility index (Phi) is 6.90. The minimum atomic E-state index is -0.699. The molecular formula is C39H28N2O6. The molecule has 0 saturated carbocycles. The number of hydrogen-bond acceptors (Lipinski definition) is 6. The number of carbonyl (C=O) groups is 4. The van der Waals surface area contributed by atoms with Gasteiger partial charge in [0.25, 0.3) is 5.91 Å². The summed E-state index contributed by atoms with van der Waals surface area (Å²) in [5, 5.41) is 2.69. The zero-order chi connectivity index (χ0) is 32.1. The first kappa shape index (κ1) is 28.5. The molecule has 5 aromatic carbocycles. The molecule has 2 atom stereocenters. The highest BCUT2D eigenvalue weighted by atomic mass is 16.5. The van der Waals surface area contributed by atoms with Crippen molar-refractivity contribution in [2.45, 2.75) is 11.8 Å². The summed E-state index contributed by atoms with van der Waals surface area (Å²) in [6, 6.07) is 38.5. The van der Waals surface area contributed by atoms with Gasteiger partial charge in [0.05, 0.1) is 23.1 Å². The van der Waals surface area contributed by atoms with Gasteiger partial charge in [0.2, 0.25) is 11.8 Å². The molecule has 0 unspecified atom stereocenters. The molecule has 0 aromatic heterocycles. The Labute approximate surface area is 270 Å². The quantitative estimate of drug-likeness (QED) is 0.161. The van der Waals surface area contributed by atoms with E-state index in [-0.39, 0.29) is 29.2 Å². The van der Waals surface area contributed by atoms with Crippen molar-refractivity contribution in [2.75, 3.05) is 16.8 Å². The maximum Gasteiger partial charge on any atom is 0.338 e. The van der Waals surface area contributed by atoms with Gasteiger partial charge in [-0.2, -0.15) is 0 Å². The molecule has 230 valence electrons. The Hall–Kier alpha value is -6.02. The summed E-state index contributed by atoms with van der Waals surface area (Å²) in [5.74, 6) is -1.72.